The molecule has 128 valence electrons. The van der Waals surface area contributed by atoms with Gasteiger partial charge >= 0.3 is 5.69 Å². The number of carbonyl (C=O) groups excluding carboxylic acids is 1. The maximum Gasteiger partial charge on any atom is 0.342 e. The first kappa shape index (κ1) is 18.0. The predicted molar refractivity (Wildman–Crippen MR) is 94.5 cm³/mol. The fraction of sp³-hybridized carbons (Fsp3) is 0.375. The van der Waals surface area contributed by atoms with Gasteiger partial charge in [-0.25, -0.2) is 9.89 Å². The number of carbonyl (C=O) groups is 1. The second-order valence-electron chi connectivity index (χ2n) is 5.30. The topological polar surface area (TPSA) is 108 Å². The van der Waals surface area contributed by atoms with Gasteiger partial charge in [0.15, 0.2) is 5.03 Å². The van der Waals surface area contributed by atoms with Crippen LogP contribution in [0.4, 0.5) is 5.69 Å². The third kappa shape index (κ3) is 5.69. The summed E-state index contributed by atoms with van der Waals surface area (Å²) in [5.74, 6) is -0.216. The minimum absolute atomic E-state index is 0.0282. The molecule has 8 heteroatoms. The zero-order valence-corrected chi connectivity index (χ0v) is 14.2. The van der Waals surface area contributed by atoms with E-state index < -0.39 is 11.2 Å². The molecule has 0 atom stereocenters. The molecule has 0 saturated heterocycles. The maximum atomic E-state index is 11.9. The van der Waals surface area contributed by atoms with E-state index in [4.69, 9.17) is 0 Å². The van der Waals surface area contributed by atoms with Crippen LogP contribution in [0.5, 0.6) is 0 Å². The van der Waals surface area contributed by atoms with Crippen molar-refractivity contribution >= 4 is 23.4 Å². The Morgan fingerprint density at radius 2 is 1.96 bits per heavy atom. The first-order chi connectivity index (χ1) is 11.6. The SMILES string of the molecule is CCCCCc1ccc(NC(=O)CSc2n[nH]c(=O)[nH]c2=O)cc1. The molecule has 1 aromatic carbocycles. The predicted octanol–water partition coefficient (Wildman–Crippen LogP) is 1.92. The van der Waals surface area contributed by atoms with Crippen LogP contribution in [-0.2, 0) is 11.2 Å². The molecule has 1 heterocycles. The van der Waals surface area contributed by atoms with Crippen molar-refractivity contribution in [1.29, 1.82) is 0 Å². The van der Waals surface area contributed by atoms with Crippen LogP contribution >= 0.6 is 11.8 Å². The number of aromatic amines is 2. The number of H-pyrrole nitrogens is 2. The molecule has 24 heavy (non-hydrogen) atoms. The number of aromatic nitrogens is 3. The van der Waals surface area contributed by atoms with Crippen LogP contribution < -0.4 is 16.6 Å². The van der Waals surface area contributed by atoms with E-state index in [1.165, 1.54) is 24.8 Å². The number of nitrogens with one attached hydrogen (secondary N) is 3. The van der Waals surface area contributed by atoms with Gasteiger partial charge in [-0.3, -0.25) is 14.6 Å². The van der Waals surface area contributed by atoms with Gasteiger partial charge in [0.05, 0.1) is 5.75 Å². The number of thioether (sulfide) groups is 1. The molecule has 0 fully saturated rings. The zero-order valence-electron chi connectivity index (χ0n) is 13.4. The van der Waals surface area contributed by atoms with Crippen molar-refractivity contribution in [3.63, 3.8) is 0 Å². The molecular weight excluding hydrogens is 328 g/mol. The van der Waals surface area contributed by atoms with Gasteiger partial charge in [0.1, 0.15) is 0 Å². The molecule has 0 bridgehead atoms. The molecule has 0 radical (unpaired) electrons. The summed E-state index contributed by atoms with van der Waals surface area (Å²) in [7, 11) is 0. The van der Waals surface area contributed by atoms with Crippen molar-refractivity contribution in [3.8, 4) is 0 Å². The molecule has 0 aliphatic carbocycles. The molecule has 2 aromatic rings. The lowest BCUT2D eigenvalue weighted by molar-refractivity contribution is -0.113. The fourth-order valence-corrected chi connectivity index (χ4v) is 2.73. The van der Waals surface area contributed by atoms with E-state index in [2.05, 4.69) is 27.4 Å². The average Bonchev–Trinajstić information content (AvgIpc) is 2.56. The monoisotopic (exact) mass is 348 g/mol. The summed E-state index contributed by atoms with van der Waals surface area (Å²) in [4.78, 5) is 36.3. The quantitative estimate of drug-likeness (QED) is 0.499. The highest BCUT2D eigenvalue weighted by Gasteiger charge is 2.08. The lowest BCUT2D eigenvalue weighted by atomic mass is 10.1. The molecule has 3 N–H and O–H groups in total. The molecule has 2 rings (SSSR count). The Kier molecular flexibility index (Phi) is 6.80. The largest absolute Gasteiger partial charge is 0.342 e. The number of amides is 1. The summed E-state index contributed by atoms with van der Waals surface area (Å²) in [6.07, 6.45) is 4.62. The average molecular weight is 348 g/mol. The minimum Gasteiger partial charge on any atom is -0.325 e. The van der Waals surface area contributed by atoms with Crippen molar-refractivity contribution in [2.75, 3.05) is 11.1 Å². The summed E-state index contributed by atoms with van der Waals surface area (Å²) in [5, 5.41) is 8.55. The second kappa shape index (κ2) is 9.07. The Bertz CT molecular complexity index is 783. The van der Waals surface area contributed by atoms with Crippen molar-refractivity contribution in [2.45, 2.75) is 37.6 Å². The Morgan fingerprint density at radius 1 is 1.21 bits per heavy atom. The van der Waals surface area contributed by atoms with Gasteiger partial charge < -0.3 is 5.32 Å². The van der Waals surface area contributed by atoms with E-state index in [0.29, 0.717) is 5.69 Å². The first-order valence-corrected chi connectivity index (χ1v) is 8.77. The Hall–Kier alpha value is -2.35. The molecule has 0 aliphatic heterocycles. The minimum atomic E-state index is -0.673. The first-order valence-electron chi connectivity index (χ1n) is 7.79. The number of nitrogens with zero attached hydrogens (tertiary/aromatic N) is 1. The van der Waals surface area contributed by atoms with E-state index in [1.807, 2.05) is 24.3 Å². The summed E-state index contributed by atoms with van der Waals surface area (Å²) in [6, 6.07) is 7.75. The summed E-state index contributed by atoms with van der Waals surface area (Å²) >= 11 is 0.963. The molecule has 0 spiro atoms. The van der Waals surface area contributed by atoms with Crippen molar-refractivity contribution in [1.82, 2.24) is 15.2 Å². The van der Waals surface area contributed by atoms with Crippen LogP contribution in [0.1, 0.15) is 31.7 Å². The lowest BCUT2D eigenvalue weighted by Gasteiger charge is -2.06. The standard InChI is InChI=1S/C16H20N4O3S/c1-2-3-4-5-11-6-8-12(9-7-11)17-13(21)10-24-15-14(22)18-16(23)20-19-15/h6-9H,2-5,10H2,1H3,(H,17,21)(H2,18,20,22,23). The molecule has 7 nitrogen and oxygen atoms in total. The van der Waals surface area contributed by atoms with E-state index in [1.54, 1.807) is 0 Å². The van der Waals surface area contributed by atoms with Crippen molar-refractivity contribution in [2.24, 2.45) is 0 Å². The molecular formula is C16H20N4O3S. The molecule has 1 amide bonds. The molecule has 1 aromatic heterocycles. The van der Waals surface area contributed by atoms with Crippen molar-refractivity contribution in [3.05, 3.63) is 50.7 Å². The van der Waals surface area contributed by atoms with E-state index in [-0.39, 0.29) is 16.7 Å². The normalized spacial score (nSPS) is 10.5. The van der Waals surface area contributed by atoms with Crippen LogP contribution in [0.2, 0.25) is 0 Å². The van der Waals surface area contributed by atoms with E-state index >= 15 is 0 Å². The van der Waals surface area contributed by atoms with Crippen molar-refractivity contribution < 1.29 is 4.79 Å². The third-order valence-corrected chi connectivity index (χ3v) is 4.28. The summed E-state index contributed by atoms with van der Waals surface area (Å²) in [6.45, 7) is 2.17. The fourth-order valence-electron chi connectivity index (χ4n) is 2.10. The highest BCUT2D eigenvalue weighted by atomic mass is 32.2. The molecule has 0 saturated carbocycles. The molecule has 0 aliphatic rings. The van der Waals surface area contributed by atoms with Gasteiger partial charge in [-0.2, -0.15) is 5.10 Å². The summed E-state index contributed by atoms with van der Waals surface area (Å²) < 4.78 is 0. The highest BCUT2D eigenvalue weighted by molar-refractivity contribution is 7.99. The maximum absolute atomic E-state index is 11.9. The highest BCUT2D eigenvalue weighted by Crippen LogP contribution is 2.14. The number of unbranched alkanes of at least 4 members (excludes halogenated alkanes) is 2. The zero-order chi connectivity index (χ0) is 17.4. The number of hydrogen-bond acceptors (Lipinski definition) is 5. The lowest BCUT2D eigenvalue weighted by Crippen LogP contribution is -2.25. The Morgan fingerprint density at radius 3 is 2.62 bits per heavy atom. The number of hydrogen-bond donors (Lipinski definition) is 3. The smallest absolute Gasteiger partial charge is 0.325 e. The van der Waals surface area contributed by atoms with Crippen LogP contribution in [-0.4, -0.2) is 26.8 Å². The third-order valence-electron chi connectivity index (χ3n) is 3.33. The second-order valence-corrected chi connectivity index (χ2v) is 6.27. The van der Waals surface area contributed by atoms with Gasteiger partial charge in [-0.15, -0.1) is 0 Å². The number of anilines is 1. The van der Waals surface area contributed by atoms with Gasteiger partial charge in [0, 0.05) is 5.69 Å². The van der Waals surface area contributed by atoms with Crippen LogP contribution in [0.25, 0.3) is 0 Å². The number of benzene rings is 1. The van der Waals surface area contributed by atoms with Crippen LogP contribution in [0.3, 0.4) is 0 Å². The summed E-state index contributed by atoms with van der Waals surface area (Å²) in [5.41, 5.74) is 0.684. The van der Waals surface area contributed by atoms with Gasteiger partial charge in [-0.1, -0.05) is 43.7 Å². The van der Waals surface area contributed by atoms with E-state index in [9.17, 15) is 14.4 Å². The van der Waals surface area contributed by atoms with Gasteiger partial charge in [0.25, 0.3) is 5.56 Å². The van der Waals surface area contributed by atoms with Gasteiger partial charge in [0.2, 0.25) is 5.91 Å². The Balaban J connectivity index is 1.83. The number of rotatable bonds is 8. The van der Waals surface area contributed by atoms with Gasteiger partial charge in [-0.05, 0) is 30.5 Å². The van der Waals surface area contributed by atoms with E-state index in [0.717, 1.165) is 18.2 Å². The van der Waals surface area contributed by atoms with Crippen LogP contribution in [0, 0.1) is 0 Å². The molecule has 0 unspecified atom stereocenters. The number of aryl methyl sites for hydroxylation is 1. The Labute approximate surface area is 143 Å². The van der Waals surface area contributed by atoms with Crippen LogP contribution in [0.15, 0.2) is 38.9 Å².